The Morgan fingerprint density at radius 1 is 0.622 bits per heavy atom. The summed E-state index contributed by atoms with van der Waals surface area (Å²) in [5, 5.41) is 15.2. The average molecular weight is 651 g/mol. The fourth-order valence-corrected chi connectivity index (χ4v) is 5.98. The summed E-state index contributed by atoms with van der Waals surface area (Å²) >= 11 is 9.78. The summed E-state index contributed by atoms with van der Waals surface area (Å²) in [4.78, 5) is 75.9. The van der Waals surface area contributed by atoms with Crippen LogP contribution in [0.2, 0.25) is 0 Å². The van der Waals surface area contributed by atoms with E-state index in [9.17, 15) is 28.8 Å². The number of ketones is 2. The van der Waals surface area contributed by atoms with Gasteiger partial charge in [-0.3, -0.25) is 28.8 Å². The predicted octanol–water partition coefficient (Wildman–Crippen LogP) is 1.29. The molecule has 2 aromatic rings. The number of carbonyl (C=O) groups is 6. The lowest BCUT2D eigenvalue weighted by atomic mass is 9.89. The van der Waals surface area contributed by atoms with E-state index >= 15 is 0 Å². The molecule has 2 heterocycles. The Balaban J connectivity index is 1.66. The lowest BCUT2D eigenvalue weighted by Gasteiger charge is -2.22. The summed E-state index contributed by atoms with van der Waals surface area (Å²) in [5.41, 5.74) is 6.11. The van der Waals surface area contributed by atoms with Crippen LogP contribution in [0.15, 0.2) is 24.3 Å². The van der Waals surface area contributed by atoms with Gasteiger partial charge in [0, 0.05) is 11.4 Å². The fraction of sp³-hybridized carbons (Fsp3) is 0.355. The van der Waals surface area contributed by atoms with Gasteiger partial charge in [0.1, 0.15) is 0 Å². The number of Topliss-reactive ketones (excluding diaryl/α,β-unsaturated/α-hetero) is 2. The van der Waals surface area contributed by atoms with Crippen LogP contribution in [0.1, 0.15) is 61.1 Å². The van der Waals surface area contributed by atoms with Crippen LogP contribution >= 0.6 is 24.4 Å². The molecular weight excluding hydrogens is 617 g/mol. The van der Waals surface area contributed by atoms with Crippen molar-refractivity contribution in [2.75, 3.05) is 10.6 Å². The first kappa shape index (κ1) is 33.3. The number of thiocarbonyl (C=S) groups is 2. The van der Waals surface area contributed by atoms with Gasteiger partial charge in [-0.2, -0.15) is 0 Å². The van der Waals surface area contributed by atoms with Gasteiger partial charge in [0.25, 0.3) is 35.2 Å². The van der Waals surface area contributed by atoms with Crippen molar-refractivity contribution in [3.8, 4) is 0 Å². The molecule has 14 heteroatoms. The van der Waals surface area contributed by atoms with Gasteiger partial charge < -0.3 is 31.9 Å². The van der Waals surface area contributed by atoms with Crippen LogP contribution in [0.5, 0.6) is 0 Å². The highest BCUT2D eigenvalue weighted by molar-refractivity contribution is 7.80. The van der Waals surface area contributed by atoms with Gasteiger partial charge in [0.05, 0.1) is 0 Å². The third-order valence-corrected chi connectivity index (χ3v) is 8.28. The Labute approximate surface area is 270 Å². The normalized spacial score (nSPS) is 17.2. The van der Waals surface area contributed by atoms with Crippen LogP contribution in [0, 0.1) is 0 Å². The minimum atomic E-state index is -1.39. The second kappa shape index (κ2) is 14.0. The number of hydrogen-bond acceptors (Lipinski definition) is 8. The van der Waals surface area contributed by atoms with Crippen molar-refractivity contribution in [3.05, 3.63) is 57.6 Å². The predicted molar refractivity (Wildman–Crippen MR) is 176 cm³/mol. The number of rotatable bonds is 12. The van der Waals surface area contributed by atoms with E-state index in [-0.39, 0.29) is 10.2 Å². The molecule has 2 aromatic carbocycles. The van der Waals surface area contributed by atoms with Crippen molar-refractivity contribution in [2.45, 2.75) is 71.9 Å². The maximum Gasteiger partial charge on any atom is 0.294 e. The van der Waals surface area contributed by atoms with E-state index in [1.54, 1.807) is 0 Å². The van der Waals surface area contributed by atoms with Crippen LogP contribution in [0.4, 0.5) is 11.4 Å². The van der Waals surface area contributed by atoms with E-state index in [4.69, 9.17) is 24.4 Å². The first-order valence-corrected chi connectivity index (χ1v) is 15.5. The topological polar surface area (TPSA) is 175 Å². The number of amides is 4. The summed E-state index contributed by atoms with van der Waals surface area (Å²) < 4.78 is 0. The SMILES string of the molecule is CCc1ccc(Cc2ccc(CC)c(NC(=O)C(=O)[C@H]3NC(=S)NC3=O)c2CC)c(CC)c1NC(=O)C(=O)[C@@H]1NC(=S)NC1=O. The zero-order valence-corrected chi connectivity index (χ0v) is 26.9. The zero-order valence-electron chi connectivity index (χ0n) is 25.3. The summed E-state index contributed by atoms with van der Waals surface area (Å²) in [6.45, 7) is 7.75. The number of anilines is 2. The molecule has 4 rings (SSSR count). The highest BCUT2D eigenvalue weighted by Crippen LogP contribution is 2.32. The van der Waals surface area contributed by atoms with Gasteiger partial charge in [-0.1, -0.05) is 52.0 Å². The fourth-order valence-electron chi connectivity index (χ4n) is 5.54. The molecule has 0 aromatic heterocycles. The third kappa shape index (κ3) is 6.91. The molecule has 6 N–H and O–H groups in total. The highest BCUT2D eigenvalue weighted by atomic mass is 32.1. The molecule has 2 atom stereocenters. The van der Waals surface area contributed by atoms with Gasteiger partial charge >= 0.3 is 0 Å². The summed E-state index contributed by atoms with van der Waals surface area (Å²) in [7, 11) is 0. The Morgan fingerprint density at radius 2 is 0.978 bits per heavy atom. The molecule has 0 aliphatic carbocycles. The zero-order chi connectivity index (χ0) is 33.0. The van der Waals surface area contributed by atoms with Crippen molar-refractivity contribution >= 4 is 81.2 Å². The molecule has 12 nitrogen and oxygen atoms in total. The minimum Gasteiger partial charge on any atom is -0.344 e. The molecule has 0 unspecified atom stereocenters. The van der Waals surface area contributed by atoms with E-state index in [0.717, 1.165) is 33.4 Å². The Bertz CT molecular complexity index is 1540. The second-order valence-corrected chi connectivity index (χ2v) is 11.3. The van der Waals surface area contributed by atoms with Crippen LogP contribution in [-0.2, 0) is 60.9 Å². The molecule has 2 aliphatic rings. The van der Waals surface area contributed by atoms with Gasteiger partial charge in [0.15, 0.2) is 22.3 Å². The van der Waals surface area contributed by atoms with Gasteiger partial charge in [-0.15, -0.1) is 0 Å². The maximum atomic E-state index is 13.0. The summed E-state index contributed by atoms with van der Waals surface area (Å²) in [5.74, 6) is -5.13. The second-order valence-electron chi connectivity index (χ2n) is 10.5. The summed E-state index contributed by atoms with van der Waals surface area (Å²) in [6.07, 6.45) is 2.65. The van der Waals surface area contributed by atoms with Crippen molar-refractivity contribution in [1.29, 1.82) is 0 Å². The van der Waals surface area contributed by atoms with Crippen LogP contribution in [0.25, 0.3) is 0 Å². The van der Waals surface area contributed by atoms with Gasteiger partial charge in [-0.25, -0.2) is 0 Å². The lowest BCUT2D eigenvalue weighted by molar-refractivity contribution is -0.138. The van der Waals surface area contributed by atoms with E-state index in [2.05, 4.69) is 31.9 Å². The third-order valence-electron chi connectivity index (χ3n) is 7.84. The largest absolute Gasteiger partial charge is 0.344 e. The van der Waals surface area contributed by atoms with Crippen molar-refractivity contribution in [2.24, 2.45) is 0 Å². The van der Waals surface area contributed by atoms with Gasteiger partial charge in [0.2, 0.25) is 0 Å². The molecule has 0 saturated carbocycles. The number of carbonyl (C=O) groups excluding carboxylic acids is 6. The molecule has 0 radical (unpaired) electrons. The van der Waals surface area contributed by atoms with Gasteiger partial charge in [-0.05, 0) is 89.9 Å². The molecule has 2 aliphatic heterocycles. The van der Waals surface area contributed by atoms with Crippen molar-refractivity contribution in [1.82, 2.24) is 21.3 Å². The Kier molecular flexibility index (Phi) is 10.4. The van der Waals surface area contributed by atoms with E-state index in [0.29, 0.717) is 43.5 Å². The molecule has 45 heavy (non-hydrogen) atoms. The van der Waals surface area contributed by atoms with Crippen LogP contribution in [0.3, 0.4) is 0 Å². The van der Waals surface area contributed by atoms with Crippen LogP contribution in [-0.4, -0.2) is 57.5 Å². The minimum absolute atomic E-state index is 0.0119. The smallest absolute Gasteiger partial charge is 0.294 e. The Hall–Kier alpha value is -4.56. The molecule has 0 spiro atoms. The van der Waals surface area contributed by atoms with Crippen molar-refractivity contribution < 1.29 is 28.8 Å². The van der Waals surface area contributed by atoms with E-state index in [1.165, 1.54) is 0 Å². The number of hydrogen-bond donors (Lipinski definition) is 6. The lowest BCUT2D eigenvalue weighted by Crippen LogP contribution is -2.44. The number of benzene rings is 2. The summed E-state index contributed by atoms with van der Waals surface area (Å²) in [6, 6.07) is 4.94. The first-order chi connectivity index (χ1) is 21.4. The quantitative estimate of drug-likeness (QED) is 0.112. The number of nitrogens with one attached hydrogen (secondary N) is 6. The molecular formula is C31H34N6O6S2. The van der Waals surface area contributed by atoms with E-state index < -0.39 is 47.3 Å². The first-order valence-electron chi connectivity index (χ1n) is 14.6. The molecule has 4 amide bonds. The van der Waals surface area contributed by atoms with Crippen LogP contribution < -0.4 is 31.9 Å². The standard InChI is InChI=1S/C31H34N6O6S2/c1-5-14-9-11-16(18(7-3)20(14)32-28(42)24(38)22-26(40)36-30(44)34-22)13-17-12-10-15(6-2)21(19(17)8-4)33-29(43)25(39)23-27(41)37-31(45)35-23/h9-12,22-23H,5-8,13H2,1-4H3,(H,32,42)(H,33,43)(H2,34,36,40,44)(H2,35,37,41,45)/t22-,23+. The monoisotopic (exact) mass is 650 g/mol. The Morgan fingerprint density at radius 3 is 1.27 bits per heavy atom. The molecule has 0 bridgehead atoms. The van der Waals surface area contributed by atoms with E-state index in [1.807, 2.05) is 52.0 Å². The molecule has 2 saturated heterocycles. The van der Waals surface area contributed by atoms with Crippen molar-refractivity contribution in [3.63, 3.8) is 0 Å². The molecule has 236 valence electrons. The average Bonchev–Trinajstić information content (AvgIpc) is 3.54. The maximum absolute atomic E-state index is 13.0. The highest BCUT2D eigenvalue weighted by Gasteiger charge is 2.39. The molecule has 2 fully saturated rings. The number of aryl methyl sites for hydroxylation is 2.